The number of aryl methyl sites for hydroxylation is 4. The molecule has 0 bridgehead atoms. The number of Topliss-reactive ketones (excluding diaryl/α,β-unsaturated/α-hetero) is 1. The van der Waals surface area contributed by atoms with Gasteiger partial charge in [0.25, 0.3) is 0 Å². The minimum Gasteiger partial charge on any atom is -0.293 e. The molecule has 0 aromatic heterocycles. The van der Waals surface area contributed by atoms with Crippen LogP contribution in [-0.2, 0) is 0 Å². The molecule has 0 aliphatic carbocycles. The Kier molecular flexibility index (Phi) is 4.89. The van der Waals surface area contributed by atoms with Gasteiger partial charge in [-0.2, -0.15) is 0 Å². The molecular formula is C19H22OS. The quantitative estimate of drug-likeness (QED) is 0.564. The number of hydrogen-bond acceptors (Lipinski definition) is 2. The Hall–Kier alpha value is -1.54. The molecule has 21 heavy (non-hydrogen) atoms. The Labute approximate surface area is 131 Å². The van der Waals surface area contributed by atoms with Gasteiger partial charge in [0.1, 0.15) is 0 Å². The van der Waals surface area contributed by atoms with E-state index in [1.165, 1.54) is 11.1 Å². The van der Waals surface area contributed by atoms with Crippen LogP contribution in [0, 0.1) is 27.7 Å². The first kappa shape index (κ1) is 15.8. The number of ketones is 1. The van der Waals surface area contributed by atoms with Crippen molar-refractivity contribution in [3.05, 3.63) is 64.2 Å². The van der Waals surface area contributed by atoms with E-state index < -0.39 is 0 Å². The molecule has 0 N–H and O–H groups in total. The van der Waals surface area contributed by atoms with E-state index in [4.69, 9.17) is 0 Å². The lowest BCUT2D eigenvalue weighted by Gasteiger charge is -2.13. The van der Waals surface area contributed by atoms with Crippen molar-refractivity contribution < 1.29 is 4.79 Å². The molecular weight excluding hydrogens is 276 g/mol. The van der Waals surface area contributed by atoms with Crippen molar-refractivity contribution in [3.63, 3.8) is 0 Å². The molecule has 2 heteroatoms. The number of rotatable bonds is 4. The lowest BCUT2D eigenvalue weighted by Crippen LogP contribution is -2.15. The maximum absolute atomic E-state index is 12.7. The van der Waals surface area contributed by atoms with E-state index in [-0.39, 0.29) is 11.0 Å². The highest BCUT2D eigenvalue weighted by atomic mass is 32.2. The molecule has 0 heterocycles. The summed E-state index contributed by atoms with van der Waals surface area (Å²) in [4.78, 5) is 13.8. The Morgan fingerprint density at radius 1 is 0.905 bits per heavy atom. The van der Waals surface area contributed by atoms with Crippen LogP contribution in [0.2, 0.25) is 0 Å². The average Bonchev–Trinajstić information content (AvgIpc) is 2.44. The summed E-state index contributed by atoms with van der Waals surface area (Å²) in [5.41, 5.74) is 5.59. The molecule has 0 spiro atoms. The SMILES string of the molecule is Cc1ccc(C)c(C(=O)C(C)Sc2ccc(C)c(C)c2)c1. The number of carbonyl (C=O) groups excluding carboxylic acids is 1. The summed E-state index contributed by atoms with van der Waals surface area (Å²) in [6.45, 7) is 10.2. The zero-order valence-corrected chi connectivity index (χ0v) is 14.2. The van der Waals surface area contributed by atoms with Crippen molar-refractivity contribution in [2.24, 2.45) is 0 Å². The third kappa shape index (κ3) is 3.76. The van der Waals surface area contributed by atoms with Gasteiger partial charge in [0.15, 0.2) is 5.78 Å². The maximum Gasteiger partial charge on any atom is 0.176 e. The molecule has 0 radical (unpaired) electrons. The van der Waals surface area contributed by atoms with Crippen molar-refractivity contribution >= 4 is 17.5 Å². The van der Waals surface area contributed by atoms with Gasteiger partial charge in [-0.3, -0.25) is 4.79 Å². The molecule has 1 atom stereocenters. The first-order valence-electron chi connectivity index (χ1n) is 7.24. The minimum atomic E-state index is -0.0763. The molecule has 0 aliphatic heterocycles. The lowest BCUT2D eigenvalue weighted by molar-refractivity contribution is 0.0993. The van der Waals surface area contributed by atoms with Crippen LogP contribution in [0.4, 0.5) is 0 Å². The van der Waals surface area contributed by atoms with Crippen LogP contribution in [0.1, 0.15) is 39.5 Å². The summed E-state index contributed by atoms with van der Waals surface area (Å²) < 4.78 is 0. The van der Waals surface area contributed by atoms with E-state index in [1.54, 1.807) is 11.8 Å². The Balaban J connectivity index is 2.19. The van der Waals surface area contributed by atoms with Crippen LogP contribution in [-0.4, -0.2) is 11.0 Å². The van der Waals surface area contributed by atoms with Gasteiger partial charge >= 0.3 is 0 Å². The molecule has 2 rings (SSSR count). The van der Waals surface area contributed by atoms with Crippen molar-refractivity contribution in [1.29, 1.82) is 0 Å². The summed E-state index contributed by atoms with van der Waals surface area (Å²) in [6.07, 6.45) is 0. The monoisotopic (exact) mass is 298 g/mol. The second-order valence-corrected chi connectivity index (χ2v) is 7.10. The van der Waals surface area contributed by atoms with E-state index in [2.05, 4.69) is 32.0 Å². The third-order valence-electron chi connectivity index (χ3n) is 3.82. The predicted molar refractivity (Wildman–Crippen MR) is 91.5 cm³/mol. The van der Waals surface area contributed by atoms with Crippen molar-refractivity contribution in [3.8, 4) is 0 Å². The second-order valence-electron chi connectivity index (χ2n) is 5.69. The zero-order valence-electron chi connectivity index (χ0n) is 13.4. The van der Waals surface area contributed by atoms with Crippen molar-refractivity contribution in [2.75, 3.05) is 0 Å². The summed E-state index contributed by atoms with van der Waals surface area (Å²) in [5, 5.41) is -0.0763. The van der Waals surface area contributed by atoms with Gasteiger partial charge in [-0.05, 0) is 69.5 Å². The normalized spacial score (nSPS) is 12.2. The van der Waals surface area contributed by atoms with Gasteiger partial charge in [0, 0.05) is 10.5 Å². The maximum atomic E-state index is 12.7. The fourth-order valence-corrected chi connectivity index (χ4v) is 3.30. The van der Waals surface area contributed by atoms with E-state index >= 15 is 0 Å². The smallest absolute Gasteiger partial charge is 0.176 e. The first-order valence-corrected chi connectivity index (χ1v) is 8.12. The first-order chi connectivity index (χ1) is 9.88. The van der Waals surface area contributed by atoms with Crippen LogP contribution in [0.25, 0.3) is 0 Å². The minimum absolute atomic E-state index is 0.0763. The molecule has 110 valence electrons. The van der Waals surface area contributed by atoms with E-state index in [9.17, 15) is 4.79 Å². The predicted octanol–water partition coefficient (Wildman–Crippen LogP) is 5.28. The fraction of sp³-hybridized carbons (Fsp3) is 0.316. The molecule has 2 aromatic carbocycles. The van der Waals surface area contributed by atoms with Crippen LogP contribution in [0.5, 0.6) is 0 Å². The molecule has 0 fully saturated rings. The van der Waals surface area contributed by atoms with Gasteiger partial charge in [-0.1, -0.05) is 23.8 Å². The topological polar surface area (TPSA) is 17.1 Å². The van der Waals surface area contributed by atoms with Crippen molar-refractivity contribution in [2.45, 2.75) is 44.8 Å². The molecule has 0 saturated carbocycles. The number of hydrogen-bond donors (Lipinski definition) is 0. The molecule has 1 nitrogen and oxygen atoms in total. The Morgan fingerprint density at radius 2 is 1.57 bits per heavy atom. The molecule has 1 unspecified atom stereocenters. The van der Waals surface area contributed by atoms with Gasteiger partial charge in [0.2, 0.25) is 0 Å². The van der Waals surface area contributed by atoms with E-state index in [1.807, 2.05) is 39.0 Å². The highest BCUT2D eigenvalue weighted by molar-refractivity contribution is 8.00. The number of carbonyl (C=O) groups is 1. The van der Waals surface area contributed by atoms with Crippen LogP contribution in [0.15, 0.2) is 41.3 Å². The van der Waals surface area contributed by atoms with Gasteiger partial charge < -0.3 is 0 Å². The lowest BCUT2D eigenvalue weighted by atomic mass is 10.0. The van der Waals surface area contributed by atoms with E-state index in [0.717, 1.165) is 21.6 Å². The van der Waals surface area contributed by atoms with Gasteiger partial charge in [-0.25, -0.2) is 0 Å². The van der Waals surface area contributed by atoms with Crippen LogP contribution >= 0.6 is 11.8 Å². The summed E-state index contributed by atoms with van der Waals surface area (Å²) >= 11 is 1.63. The molecule has 0 saturated heterocycles. The molecule has 0 amide bonds. The van der Waals surface area contributed by atoms with Gasteiger partial charge in [-0.15, -0.1) is 11.8 Å². The molecule has 0 aliphatic rings. The van der Waals surface area contributed by atoms with E-state index in [0.29, 0.717) is 0 Å². The average molecular weight is 298 g/mol. The number of benzene rings is 2. The third-order valence-corrected chi connectivity index (χ3v) is 4.91. The zero-order chi connectivity index (χ0) is 15.6. The highest BCUT2D eigenvalue weighted by Gasteiger charge is 2.18. The standard InChI is InChI=1S/C19H22OS/c1-12-6-7-14(3)18(10-12)19(20)16(5)21-17-9-8-13(2)15(4)11-17/h6-11,16H,1-5H3. The number of thioether (sulfide) groups is 1. The van der Waals surface area contributed by atoms with Gasteiger partial charge in [0.05, 0.1) is 5.25 Å². The van der Waals surface area contributed by atoms with Crippen molar-refractivity contribution in [1.82, 2.24) is 0 Å². The largest absolute Gasteiger partial charge is 0.293 e. The van der Waals surface area contributed by atoms with Crippen LogP contribution in [0.3, 0.4) is 0 Å². The Morgan fingerprint density at radius 3 is 2.24 bits per heavy atom. The molecule has 2 aromatic rings. The highest BCUT2D eigenvalue weighted by Crippen LogP contribution is 2.28. The summed E-state index contributed by atoms with van der Waals surface area (Å²) in [6, 6.07) is 12.4. The fourth-order valence-electron chi connectivity index (χ4n) is 2.27. The second kappa shape index (κ2) is 6.48. The summed E-state index contributed by atoms with van der Waals surface area (Å²) in [5.74, 6) is 0.208. The Bertz CT molecular complexity index is 673. The summed E-state index contributed by atoms with van der Waals surface area (Å²) in [7, 11) is 0. The van der Waals surface area contributed by atoms with Crippen LogP contribution < -0.4 is 0 Å².